The molecule has 2 amide bonds. The normalized spacial score (nSPS) is 18.2. The first kappa shape index (κ1) is 19.8. The summed E-state index contributed by atoms with van der Waals surface area (Å²) in [7, 11) is 0. The third-order valence-corrected chi connectivity index (χ3v) is 3.64. The molecule has 0 spiro atoms. The summed E-state index contributed by atoms with van der Waals surface area (Å²) in [6.07, 6.45) is -4.20. The van der Waals surface area contributed by atoms with Crippen LogP contribution in [0.5, 0.6) is 0 Å². The molecule has 1 N–H and O–H groups in total. The maximum atomic E-state index is 12.7. The molecule has 0 fully saturated rings. The summed E-state index contributed by atoms with van der Waals surface area (Å²) < 4.78 is 43.4. The van der Waals surface area contributed by atoms with Crippen LogP contribution in [0.4, 0.5) is 18.0 Å². The molecule has 0 unspecified atom stereocenters. The number of hydrogen-bond donors (Lipinski definition) is 1. The molecule has 2 rings (SSSR count). The second-order valence-corrected chi connectivity index (χ2v) is 6.93. The minimum absolute atomic E-state index is 0.185. The van der Waals surface area contributed by atoms with E-state index < -0.39 is 29.8 Å². The van der Waals surface area contributed by atoms with Gasteiger partial charge in [-0.15, -0.1) is 0 Å². The molecule has 142 valence electrons. The number of carbonyl (C=O) groups is 2. The second kappa shape index (κ2) is 7.39. The maximum Gasteiger partial charge on any atom is 0.471 e. The van der Waals surface area contributed by atoms with Crippen molar-refractivity contribution >= 4 is 17.6 Å². The number of amides is 2. The first-order valence-corrected chi connectivity index (χ1v) is 8.08. The van der Waals surface area contributed by atoms with E-state index in [9.17, 15) is 22.8 Å². The van der Waals surface area contributed by atoms with Crippen molar-refractivity contribution in [3.05, 3.63) is 42.0 Å². The average molecular weight is 370 g/mol. The maximum absolute atomic E-state index is 12.7. The summed E-state index contributed by atoms with van der Waals surface area (Å²) in [6, 6.07) is 8.14. The Morgan fingerprint density at radius 1 is 1.15 bits per heavy atom. The number of nitrogens with zero attached hydrogens (tertiary/aromatic N) is 1. The van der Waals surface area contributed by atoms with Gasteiger partial charge in [-0.05, 0) is 31.9 Å². The molecular weight excluding hydrogens is 349 g/mol. The highest BCUT2D eigenvalue weighted by Gasteiger charge is 2.44. The van der Waals surface area contributed by atoms with E-state index in [2.05, 4.69) is 5.32 Å². The van der Waals surface area contributed by atoms with Crippen LogP contribution in [0.15, 0.2) is 36.4 Å². The number of rotatable bonds is 2. The Bertz CT molecular complexity index is 694. The molecule has 0 aromatic heterocycles. The molecule has 1 aromatic carbocycles. The van der Waals surface area contributed by atoms with Crippen LogP contribution in [0, 0.1) is 0 Å². The number of nitrogens with one attached hydrogen (secondary N) is 1. The molecule has 1 atom stereocenters. The van der Waals surface area contributed by atoms with Gasteiger partial charge in [0, 0.05) is 13.1 Å². The van der Waals surface area contributed by atoms with E-state index in [1.165, 1.54) is 6.08 Å². The van der Waals surface area contributed by atoms with Crippen LogP contribution in [0.25, 0.3) is 5.57 Å². The average Bonchev–Trinajstić information content (AvgIpc) is 2.52. The Kier molecular flexibility index (Phi) is 5.63. The van der Waals surface area contributed by atoms with Crippen molar-refractivity contribution in [2.45, 2.75) is 38.6 Å². The van der Waals surface area contributed by atoms with E-state index in [4.69, 9.17) is 4.74 Å². The fraction of sp³-hybridized carbons (Fsp3) is 0.444. The predicted molar refractivity (Wildman–Crippen MR) is 90.2 cm³/mol. The Morgan fingerprint density at radius 2 is 1.77 bits per heavy atom. The molecule has 0 radical (unpaired) electrons. The molecule has 0 bridgehead atoms. The Balaban J connectivity index is 2.25. The minimum atomic E-state index is -4.96. The summed E-state index contributed by atoms with van der Waals surface area (Å²) >= 11 is 0. The molecule has 1 aliphatic rings. The van der Waals surface area contributed by atoms with E-state index in [0.717, 1.165) is 5.56 Å². The van der Waals surface area contributed by atoms with Crippen LogP contribution in [0.2, 0.25) is 0 Å². The Labute approximate surface area is 149 Å². The first-order chi connectivity index (χ1) is 12.0. The highest BCUT2D eigenvalue weighted by molar-refractivity contribution is 5.84. The van der Waals surface area contributed by atoms with Crippen LogP contribution >= 0.6 is 0 Å². The molecule has 0 saturated carbocycles. The molecule has 1 heterocycles. The molecule has 8 heteroatoms. The first-order valence-electron chi connectivity index (χ1n) is 8.08. The Morgan fingerprint density at radius 3 is 2.31 bits per heavy atom. The van der Waals surface area contributed by atoms with E-state index >= 15 is 0 Å². The summed E-state index contributed by atoms with van der Waals surface area (Å²) in [5.41, 5.74) is 0.645. The van der Waals surface area contributed by atoms with Crippen LogP contribution in [0.1, 0.15) is 26.3 Å². The topological polar surface area (TPSA) is 58.6 Å². The highest BCUT2D eigenvalue weighted by atomic mass is 19.4. The van der Waals surface area contributed by atoms with Crippen molar-refractivity contribution in [1.29, 1.82) is 0 Å². The van der Waals surface area contributed by atoms with Gasteiger partial charge in [0.25, 0.3) is 0 Å². The van der Waals surface area contributed by atoms with E-state index in [0.29, 0.717) is 10.5 Å². The van der Waals surface area contributed by atoms with Gasteiger partial charge in [-0.25, -0.2) is 4.79 Å². The smallest absolute Gasteiger partial charge is 0.444 e. The lowest BCUT2D eigenvalue weighted by atomic mass is 9.95. The summed E-state index contributed by atoms with van der Waals surface area (Å²) in [6.45, 7) is 4.57. The van der Waals surface area contributed by atoms with Gasteiger partial charge in [-0.1, -0.05) is 36.4 Å². The van der Waals surface area contributed by atoms with Gasteiger partial charge in [0.05, 0.1) is 6.04 Å². The zero-order chi connectivity index (χ0) is 19.5. The van der Waals surface area contributed by atoms with Gasteiger partial charge in [0.2, 0.25) is 0 Å². The van der Waals surface area contributed by atoms with Crippen LogP contribution in [0.3, 0.4) is 0 Å². The molecule has 26 heavy (non-hydrogen) atoms. The zero-order valence-corrected chi connectivity index (χ0v) is 14.8. The monoisotopic (exact) mass is 370 g/mol. The van der Waals surface area contributed by atoms with Crippen molar-refractivity contribution < 1.29 is 27.5 Å². The van der Waals surface area contributed by atoms with Crippen LogP contribution in [-0.4, -0.2) is 47.8 Å². The molecular formula is C18H21F3N2O3. The van der Waals surface area contributed by atoms with E-state index in [1.807, 2.05) is 6.07 Å². The fourth-order valence-electron chi connectivity index (χ4n) is 2.61. The fourth-order valence-corrected chi connectivity index (χ4v) is 2.61. The zero-order valence-electron chi connectivity index (χ0n) is 14.8. The standard InChI is InChI=1S/C18H21F3N2O3/c1-17(2,3)26-16(25)22-14-11-23(15(24)18(19,20)21)10-9-13(14)12-7-5-4-6-8-12/h4-9,14H,10-11H2,1-3H3,(H,22,25)/t14-/m1/s1. The number of carbonyl (C=O) groups excluding carboxylic acids is 2. The number of alkyl halides is 3. The molecule has 5 nitrogen and oxygen atoms in total. The molecule has 1 aliphatic heterocycles. The summed E-state index contributed by atoms with van der Waals surface area (Å²) in [5.74, 6) is -1.93. The SMILES string of the molecule is CC(C)(C)OC(=O)N[C@@H]1CN(C(=O)C(F)(F)F)CC=C1c1ccccc1. The quantitative estimate of drug-likeness (QED) is 0.868. The predicted octanol–water partition coefficient (Wildman–Crippen LogP) is 3.37. The summed E-state index contributed by atoms with van der Waals surface area (Å²) in [5, 5.41) is 2.57. The highest BCUT2D eigenvalue weighted by Crippen LogP contribution is 2.26. The van der Waals surface area contributed by atoms with Gasteiger partial charge < -0.3 is 15.0 Å². The van der Waals surface area contributed by atoms with Gasteiger partial charge in [0.15, 0.2) is 0 Å². The number of alkyl carbamates (subject to hydrolysis) is 1. The van der Waals surface area contributed by atoms with Crippen LogP contribution in [-0.2, 0) is 9.53 Å². The van der Waals surface area contributed by atoms with E-state index in [-0.39, 0.29) is 13.1 Å². The Hall–Kier alpha value is -2.51. The van der Waals surface area contributed by atoms with Gasteiger partial charge in [-0.3, -0.25) is 4.79 Å². The summed E-state index contributed by atoms with van der Waals surface area (Å²) in [4.78, 5) is 24.3. The number of ether oxygens (including phenoxy) is 1. The third-order valence-electron chi connectivity index (χ3n) is 3.64. The molecule has 0 saturated heterocycles. The minimum Gasteiger partial charge on any atom is -0.444 e. The lowest BCUT2D eigenvalue weighted by Crippen LogP contribution is -2.52. The lowest BCUT2D eigenvalue weighted by molar-refractivity contribution is -0.185. The van der Waals surface area contributed by atoms with E-state index in [1.54, 1.807) is 45.0 Å². The van der Waals surface area contributed by atoms with Gasteiger partial charge >= 0.3 is 18.2 Å². The number of hydrogen-bond acceptors (Lipinski definition) is 3. The lowest BCUT2D eigenvalue weighted by Gasteiger charge is -2.34. The van der Waals surface area contributed by atoms with Gasteiger partial charge in [0.1, 0.15) is 5.60 Å². The molecule has 1 aromatic rings. The largest absolute Gasteiger partial charge is 0.471 e. The van der Waals surface area contributed by atoms with Crippen LogP contribution < -0.4 is 5.32 Å². The number of halogens is 3. The number of benzene rings is 1. The van der Waals surface area contributed by atoms with Gasteiger partial charge in [-0.2, -0.15) is 13.2 Å². The van der Waals surface area contributed by atoms with Crippen molar-refractivity contribution in [2.75, 3.05) is 13.1 Å². The van der Waals surface area contributed by atoms with Crippen molar-refractivity contribution in [2.24, 2.45) is 0 Å². The second-order valence-electron chi connectivity index (χ2n) is 6.93. The molecule has 0 aliphatic carbocycles. The third kappa shape index (κ3) is 5.24. The van der Waals surface area contributed by atoms with Crippen molar-refractivity contribution in [3.8, 4) is 0 Å². The van der Waals surface area contributed by atoms with Crippen molar-refractivity contribution in [1.82, 2.24) is 10.2 Å². The van der Waals surface area contributed by atoms with Crippen molar-refractivity contribution in [3.63, 3.8) is 0 Å².